The normalized spacial score (nSPS) is 11.0. The molecule has 0 spiro atoms. The maximum Gasteiger partial charge on any atom is 0.356 e. The fourth-order valence-corrected chi connectivity index (χ4v) is 3.02. The molecule has 6 heteroatoms. The Bertz CT molecular complexity index is 1180. The van der Waals surface area contributed by atoms with Crippen LogP contribution in [0.25, 0.3) is 21.8 Å². The molecule has 0 bridgehead atoms. The summed E-state index contributed by atoms with van der Waals surface area (Å²) in [5, 5.41) is 1.57. The van der Waals surface area contributed by atoms with Crippen LogP contribution in [0.1, 0.15) is 33.3 Å². The summed E-state index contributed by atoms with van der Waals surface area (Å²) in [5.74, 6) is -1.09. The summed E-state index contributed by atoms with van der Waals surface area (Å²) in [5.41, 5.74) is 2.67. The fourth-order valence-electron chi connectivity index (χ4n) is 3.02. The van der Waals surface area contributed by atoms with Gasteiger partial charge in [0.15, 0.2) is 5.78 Å². The number of hydrogen-bond donors (Lipinski definition) is 1. The summed E-state index contributed by atoms with van der Waals surface area (Å²) in [6.45, 7) is 2.00. The van der Waals surface area contributed by atoms with Crippen LogP contribution in [-0.2, 0) is 4.74 Å². The number of pyridine rings is 1. The second-order valence-electron chi connectivity index (χ2n) is 6.06. The third-order valence-corrected chi connectivity index (χ3v) is 4.34. The molecule has 0 atom stereocenters. The minimum atomic E-state index is -0.493. The molecule has 0 saturated heterocycles. The van der Waals surface area contributed by atoms with Crippen molar-refractivity contribution >= 4 is 33.6 Å². The van der Waals surface area contributed by atoms with Gasteiger partial charge in [-0.1, -0.05) is 0 Å². The molecule has 2 heterocycles. The molecule has 0 amide bonds. The van der Waals surface area contributed by atoms with Gasteiger partial charge >= 0.3 is 5.97 Å². The number of esters is 1. The zero-order valence-corrected chi connectivity index (χ0v) is 14.5. The second kappa shape index (κ2) is 6.64. The maximum atomic E-state index is 13.1. The monoisotopic (exact) mass is 362 g/mol. The lowest BCUT2D eigenvalue weighted by atomic mass is 10.0. The number of H-pyrrole nitrogens is 1. The summed E-state index contributed by atoms with van der Waals surface area (Å²) in [7, 11) is 0. The van der Waals surface area contributed by atoms with Crippen molar-refractivity contribution in [3.8, 4) is 0 Å². The zero-order chi connectivity index (χ0) is 19.0. The van der Waals surface area contributed by atoms with Gasteiger partial charge in [-0.25, -0.2) is 14.2 Å². The third-order valence-electron chi connectivity index (χ3n) is 4.34. The number of benzene rings is 2. The van der Waals surface area contributed by atoms with E-state index in [4.69, 9.17) is 4.74 Å². The van der Waals surface area contributed by atoms with Crippen molar-refractivity contribution < 1.29 is 18.7 Å². The summed E-state index contributed by atoms with van der Waals surface area (Å²) < 4.78 is 18.1. The van der Waals surface area contributed by atoms with Gasteiger partial charge < -0.3 is 9.72 Å². The molecular formula is C21H15FN2O3. The van der Waals surface area contributed by atoms with Crippen molar-refractivity contribution in [3.05, 3.63) is 77.4 Å². The van der Waals surface area contributed by atoms with Gasteiger partial charge in [0.25, 0.3) is 0 Å². The Balaban J connectivity index is 1.81. The average molecular weight is 362 g/mol. The number of carbonyl (C=O) groups is 2. The molecule has 0 fully saturated rings. The predicted octanol–water partition coefficient (Wildman–Crippen LogP) is 4.26. The Morgan fingerprint density at radius 2 is 1.70 bits per heavy atom. The van der Waals surface area contributed by atoms with Crippen LogP contribution in [0.2, 0.25) is 0 Å². The first kappa shape index (κ1) is 16.9. The fraction of sp³-hybridized carbons (Fsp3) is 0.0952. The first-order chi connectivity index (χ1) is 13.1. The summed E-state index contributed by atoms with van der Waals surface area (Å²) in [4.78, 5) is 32.0. The molecule has 0 aliphatic rings. The largest absolute Gasteiger partial charge is 0.461 e. The van der Waals surface area contributed by atoms with Gasteiger partial charge in [-0.05, 0) is 55.5 Å². The molecule has 0 saturated carbocycles. The van der Waals surface area contributed by atoms with Crippen LogP contribution in [0.3, 0.4) is 0 Å². The van der Waals surface area contributed by atoms with E-state index >= 15 is 0 Å². The van der Waals surface area contributed by atoms with E-state index in [9.17, 15) is 14.0 Å². The van der Waals surface area contributed by atoms with Gasteiger partial charge in [-0.15, -0.1) is 0 Å². The van der Waals surface area contributed by atoms with Gasteiger partial charge in [-0.3, -0.25) is 4.79 Å². The molecule has 1 N–H and O–H groups in total. The molecule has 4 aromatic rings. The number of nitrogens with zero attached hydrogens (tertiary/aromatic N) is 1. The van der Waals surface area contributed by atoms with E-state index in [1.54, 1.807) is 37.4 Å². The number of aromatic nitrogens is 2. The molecule has 134 valence electrons. The number of hydrogen-bond acceptors (Lipinski definition) is 4. The van der Waals surface area contributed by atoms with Gasteiger partial charge in [0.2, 0.25) is 0 Å². The molecule has 0 unspecified atom stereocenters. The lowest BCUT2D eigenvalue weighted by molar-refractivity contribution is 0.0519. The topological polar surface area (TPSA) is 72.0 Å². The van der Waals surface area contributed by atoms with E-state index in [2.05, 4.69) is 9.97 Å². The molecular weight excluding hydrogens is 347 g/mol. The minimum Gasteiger partial charge on any atom is -0.461 e. The number of carbonyl (C=O) groups excluding carboxylic acids is 2. The molecule has 2 aromatic carbocycles. The van der Waals surface area contributed by atoms with Crippen LogP contribution >= 0.6 is 0 Å². The zero-order valence-electron chi connectivity index (χ0n) is 14.5. The van der Waals surface area contributed by atoms with Crippen molar-refractivity contribution in [2.24, 2.45) is 0 Å². The molecule has 0 aliphatic carbocycles. The molecule has 27 heavy (non-hydrogen) atoms. The lowest BCUT2D eigenvalue weighted by Gasteiger charge is -2.03. The number of rotatable bonds is 4. The van der Waals surface area contributed by atoms with E-state index in [1.165, 1.54) is 24.3 Å². The Morgan fingerprint density at radius 3 is 2.44 bits per heavy atom. The lowest BCUT2D eigenvalue weighted by Crippen LogP contribution is -2.06. The first-order valence-corrected chi connectivity index (χ1v) is 8.45. The van der Waals surface area contributed by atoms with Gasteiger partial charge in [-0.2, -0.15) is 0 Å². The quantitative estimate of drug-likeness (QED) is 0.435. The van der Waals surface area contributed by atoms with Crippen molar-refractivity contribution in [1.29, 1.82) is 0 Å². The van der Waals surface area contributed by atoms with Crippen LogP contribution in [-0.4, -0.2) is 28.3 Å². The van der Waals surface area contributed by atoms with Crippen LogP contribution in [0.5, 0.6) is 0 Å². The molecule has 0 radical (unpaired) electrons. The number of fused-ring (bicyclic) bond motifs is 3. The molecule has 2 aromatic heterocycles. The molecule has 5 nitrogen and oxygen atoms in total. The average Bonchev–Trinajstić information content (AvgIpc) is 3.05. The van der Waals surface area contributed by atoms with Crippen LogP contribution in [0.4, 0.5) is 4.39 Å². The van der Waals surface area contributed by atoms with Crippen LogP contribution in [0.15, 0.2) is 54.7 Å². The highest BCUT2D eigenvalue weighted by molar-refractivity contribution is 6.14. The van der Waals surface area contributed by atoms with E-state index in [1.807, 2.05) is 0 Å². The second-order valence-corrected chi connectivity index (χ2v) is 6.06. The van der Waals surface area contributed by atoms with Crippen molar-refractivity contribution in [1.82, 2.24) is 9.97 Å². The van der Waals surface area contributed by atoms with Crippen LogP contribution in [0, 0.1) is 5.82 Å². The minimum absolute atomic E-state index is 0.203. The summed E-state index contributed by atoms with van der Waals surface area (Å²) in [6.07, 6.45) is 1.57. The van der Waals surface area contributed by atoms with Crippen LogP contribution < -0.4 is 0 Å². The van der Waals surface area contributed by atoms with Crippen molar-refractivity contribution in [2.45, 2.75) is 6.92 Å². The number of ether oxygens (including phenoxy) is 1. The standard InChI is InChI=1S/C21H15FN2O3/c1-2-27-21(26)18-10-16-15-9-13(5-8-17(15)24-19(16)11-23-18)20(25)12-3-6-14(22)7-4-12/h3-11,24H,2H2,1H3. The van der Waals surface area contributed by atoms with E-state index in [-0.39, 0.29) is 18.1 Å². The smallest absolute Gasteiger partial charge is 0.356 e. The van der Waals surface area contributed by atoms with E-state index in [0.717, 1.165) is 21.8 Å². The highest BCUT2D eigenvalue weighted by Crippen LogP contribution is 2.27. The Hall–Kier alpha value is -3.54. The van der Waals surface area contributed by atoms with Gasteiger partial charge in [0, 0.05) is 27.4 Å². The SMILES string of the molecule is CCOC(=O)c1cc2c(cn1)[nH]c1ccc(C(=O)c3ccc(F)cc3)cc12. The first-order valence-electron chi connectivity index (χ1n) is 8.45. The Kier molecular flexibility index (Phi) is 4.16. The molecule has 4 rings (SSSR count). The highest BCUT2D eigenvalue weighted by atomic mass is 19.1. The molecule has 0 aliphatic heterocycles. The summed E-state index contributed by atoms with van der Waals surface area (Å²) >= 11 is 0. The van der Waals surface area contributed by atoms with Crippen molar-refractivity contribution in [3.63, 3.8) is 0 Å². The highest BCUT2D eigenvalue weighted by Gasteiger charge is 2.15. The third kappa shape index (κ3) is 3.06. The van der Waals surface area contributed by atoms with E-state index in [0.29, 0.717) is 11.1 Å². The number of nitrogens with one attached hydrogen (secondary N) is 1. The Labute approximate surface area is 153 Å². The Morgan fingerprint density at radius 1 is 1.00 bits per heavy atom. The number of halogens is 1. The van der Waals surface area contributed by atoms with E-state index < -0.39 is 11.8 Å². The number of aromatic amines is 1. The maximum absolute atomic E-state index is 13.1. The number of ketones is 1. The predicted molar refractivity (Wildman–Crippen MR) is 99.4 cm³/mol. The van der Waals surface area contributed by atoms with Crippen molar-refractivity contribution in [2.75, 3.05) is 6.61 Å². The van der Waals surface area contributed by atoms with Gasteiger partial charge in [0.05, 0.1) is 18.3 Å². The summed E-state index contributed by atoms with van der Waals surface area (Å²) in [6, 6.07) is 12.4. The van der Waals surface area contributed by atoms with Gasteiger partial charge in [0.1, 0.15) is 11.5 Å².